The number of nitrogens with zero attached hydrogens (tertiary/aromatic N) is 2. The second-order valence-electron chi connectivity index (χ2n) is 3.87. The number of amides is 2. The quantitative estimate of drug-likeness (QED) is 0.553. The molecule has 0 fully saturated rings. The molecule has 5 nitrogen and oxygen atoms in total. The highest BCUT2D eigenvalue weighted by molar-refractivity contribution is 6.35. The summed E-state index contributed by atoms with van der Waals surface area (Å²) in [5.41, 5.74) is 0. The van der Waals surface area contributed by atoms with Crippen molar-refractivity contribution in [1.29, 1.82) is 5.26 Å². The summed E-state index contributed by atoms with van der Waals surface area (Å²) in [6.07, 6.45) is 1.97. The molecule has 0 atom stereocenters. The predicted molar refractivity (Wildman–Crippen MR) is 64.9 cm³/mol. The van der Waals surface area contributed by atoms with Gasteiger partial charge in [0.15, 0.2) is 0 Å². The van der Waals surface area contributed by atoms with Gasteiger partial charge in [-0.05, 0) is 12.8 Å². The van der Waals surface area contributed by atoms with Crippen LogP contribution in [0.15, 0.2) is 0 Å². The fraction of sp³-hybridized carbons (Fsp3) is 0.750. The molecule has 0 aliphatic carbocycles. The highest BCUT2D eigenvalue weighted by Gasteiger charge is 2.21. The summed E-state index contributed by atoms with van der Waals surface area (Å²) in [4.78, 5) is 24.7. The first kappa shape index (κ1) is 15.4. The van der Waals surface area contributed by atoms with Crippen molar-refractivity contribution in [3.8, 4) is 6.07 Å². The minimum absolute atomic E-state index is 0.132. The van der Waals surface area contributed by atoms with Crippen LogP contribution in [0.2, 0.25) is 0 Å². The first-order valence-electron chi connectivity index (χ1n) is 6.04. The molecule has 0 aliphatic heterocycles. The van der Waals surface area contributed by atoms with Gasteiger partial charge in [0.1, 0.15) is 6.54 Å². The third-order valence-electron chi connectivity index (χ3n) is 2.82. The third-order valence-corrected chi connectivity index (χ3v) is 2.82. The van der Waals surface area contributed by atoms with Crippen molar-refractivity contribution < 1.29 is 9.59 Å². The van der Waals surface area contributed by atoms with E-state index >= 15 is 0 Å². The SMILES string of the molecule is CCC(CC)CN(CC)C(=O)C(=O)NCC#N. The first-order valence-corrected chi connectivity index (χ1v) is 6.04. The number of nitriles is 1. The van der Waals surface area contributed by atoms with Gasteiger partial charge in [0.2, 0.25) is 0 Å². The molecule has 0 spiro atoms. The molecule has 17 heavy (non-hydrogen) atoms. The summed E-state index contributed by atoms with van der Waals surface area (Å²) in [5.74, 6) is -0.823. The van der Waals surface area contributed by atoms with E-state index in [1.165, 1.54) is 4.90 Å². The Hall–Kier alpha value is -1.57. The number of carbonyl (C=O) groups excluding carboxylic acids is 2. The maximum absolute atomic E-state index is 11.8. The maximum atomic E-state index is 11.8. The summed E-state index contributed by atoms with van der Waals surface area (Å²) in [6, 6.07) is 1.77. The van der Waals surface area contributed by atoms with E-state index in [-0.39, 0.29) is 6.54 Å². The Morgan fingerprint density at radius 1 is 1.29 bits per heavy atom. The van der Waals surface area contributed by atoms with Crippen molar-refractivity contribution in [3.05, 3.63) is 0 Å². The predicted octanol–water partition coefficient (Wildman–Crippen LogP) is 0.911. The van der Waals surface area contributed by atoms with Gasteiger partial charge in [-0.1, -0.05) is 26.7 Å². The Morgan fingerprint density at radius 3 is 2.29 bits per heavy atom. The molecule has 0 saturated carbocycles. The van der Waals surface area contributed by atoms with E-state index in [9.17, 15) is 9.59 Å². The summed E-state index contributed by atoms with van der Waals surface area (Å²) in [6.45, 7) is 6.97. The molecule has 0 saturated heterocycles. The average Bonchev–Trinajstić information content (AvgIpc) is 2.36. The number of likely N-dealkylation sites (N-methyl/N-ethyl adjacent to an activating group) is 1. The molecule has 2 amide bonds. The van der Waals surface area contributed by atoms with Crippen molar-refractivity contribution in [2.75, 3.05) is 19.6 Å². The lowest BCUT2D eigenvalue weighted by Crippen LogP contribution is -2.44. The van der Waals surface area contributed by atoms with Crippen LogP contribution in [-0.2, 0) is 9.59 Å². The van der Waals surface area contributed by atoms with E-state index in [0.717, 1.165) is 12.8 Å². The van der Waals surface area contributed by atoms with Crippen LogP contribution >= 0.6 is 0 Å². The minimum atomic E-state index is -0.695. The van der Waals surface area contributed by atoms with Gasteiger partial charge in [-0.3, -0.25) is 9.59 Å². The smallest absolute Gasteiger partial charge is 0.311 e. The molecule has 5 heteroatoms. The standard InChI is InChI=1S/C12H21N3O2/c1-4-10(5-2)9-15(6-3)12(17)11(16)14-8-7-13/h10H,4-6,8-9H2,1-3H3,(H,14,16). The minimum Gasteiger partial charge on any atom is -0.335 e. The number of rotatable bonds is 6. The zero-order valence-corrected chi connectivity index (χ0v) is 10.8. The van der Waals surface area contributed by atoms with E-state index in [1.54, 1.807) is 6.07 Å². The number of nitrogens with one attached hydrogen (secondary N) is 1. The summed E-state index contributed by atoms with van der Waals surface area (Å²) in [5, 5.41) is 10.6. The second kappa shape index (κ2) is 8.57. The van der Waals surface area contributed by atoms with E-state index in [0.29, 0.717) is 19.0 Å². The van der Waals surface area contributed by atoms with Crippen LogP contribution in [-0.4, -0.2) is 36.3 Å². The van der Waals surface area contributed by atoms with Crippen LogP contribution in [0.1, 0.15) is 33.6 Å². The molecule has 0 rings (SSSR count). The summed E-state index contributed by atoms with van der Waals surface area (Å²) in [7, 11) is 0. The lowest BCUT2D eigenvalue weighted by molar-refractivity contribution is -0.146. The molecule has 0 radical (unpaired) electrons. The Labute approximate surface area is 103 Å². The van der Waals surface area contributed by atoms with E-state index < -0.39 is 11.8 Å². The molecular weight excluding hydrogens is 218 g/mol. The van der Waals surface area contributed by atoms with Crippen molar-refractivity contribution in [2.45, 2.75) is 33.6 Å². The fourth-order valence-corrected chi connectivity index (χ4v) is 1.55. The van der Waals surface area contributed by atoms with Gasteiger partial charge in [-0.15, -0.1) is 0 Å². The molecule has 96 valence electrons. The van der Waals surface area contributed by atoms with Crippen LogP contribution in [0.5, 0.6) is 0 Å². The highest BCUT2D eigenvalue weighted by Crippen LogP contribution is 2.09. The zero-order chi connectivity index (χ0) is 13.3. The van der Waals surface area contributed by atoms with Gasteiger partial charge in [0, 0.05) is 13.1 Å². The van der Waals surface area contributed by atoms with Crippen LogP contribution in [0.4, 0.5) is 0 Å². The lowest BCUT2D eigenvalue weighted by Gasteiger charge is -2.24. The molecule has 0 heterocycles. The van der Waals surface area contributed by atoms with Crippen molar-refractivity contribution in [1.82, 2.24) is 10.2 Å². The molecule has 0 aromatic rings. The number of hydrogen-bond acceptors (Lipinski definition) is 3. The Morgan fingerprint density at radius 2 is 1.88 bits per heavy atom. The van der Waals surface area contributed by atoms with Crippen LogP contribution in [0.3, 0.4) is 0 Å². The molecule has 0 aromatic carbocycles. The highest BCUT2D eigenvalue weighted by atomic mass is 16.2. The van der Waals surface area contributed by atoms with Gasteiger partial charge in [0.05, 0.1) is 6.07 Å². The van der Waals surface area contributed by atoms with Crippen LogP contribution in [0.25, 0.3) is 0 Å². The summed E-state index contributed by atoms with van der Waals surface area (Å²) >= 11 is 0. The second-order valence-corrected chi connectivity index (χ2v) is 3.87. The largest absolute Gasteiger partial charge is 0.335 e. The fourth-order valence-electron chi connectivity index (χ4n) is 1.55. The Balaban J connectivity index is 4.39. The average molecular weight is 239 g/mol. The molecular formula is C12H21N3O2. The van der Waals surface area contributed by atoms with Gasteiger partial charge in [-0.25, -0.2) is 0 Å². The van der Waals surface area contributed by atoms with E-state index in [1.807, 2.05) is 6.92 Å². The molecule has 0 aromatic heterocycles. The molecule has 1 N–H and O–H groups in total. The van der Waals surface area contributed by atoms with Crippen molar-refractivity contribution in [3.63, 3.8) is 0 Å². The number of carbonyl (C=O) groups is 2. The van der Waals surface area contributed by atoms with E-state index in [2.05, 4.69) is 19.2 Å². The van der Waals surface area contributed by atoms with Crippen LogP contribution < -0.4 is 5.32 Å². The van der Waals surface area contributed by atoms with E-state index in [4.69, 9.17) is 5.26 Å². The monoisotopic (exact) mass is 239 g/mol. The van der Waals surface area contributed by atoms with Gasteiger partial charge in [0.25, 0.3) is 0 Å². The van der Waals surface area contributed by atoms with Crippen molar-refractivity contribution >= 4 is 11.8 Å². The van der Waals surface area contributed by atoms with Crippen LogP contribution in [0, 0.1) is 17.2 Å². The lowest BCUT2D eigenvalue weighted by atomic mass is 10.0. The third kappa shape index (κ3) is 5.34. The normalized spacial score (nSPS) is 9.82. The number of hydrogen-bond donors (Lipinski definition) is 1. The molecule has 0 aliphatic rings. The van der Waals surface area contributed by atoms with Crippen molar-refractivity contribution in [2.24, 2.45) is 5.92 Å². The molecule has 0 unspecified atom stereocenters. The maximum Gasteiger partial charge on any atom is 0.311 e. The van der Waals surface area contributed by atoms with Gasteiger partial charge in [-0.2, -0.15) is 5.26 Å². The first-order chi connectivity index (χ1) is 8.10. The zero-order valence-electron chi connectivity index (χ0n) is 10.8. The Bertz CT molecular complexity index is 293. The molecule has 0 bridgehead atoms. The summed E-state index contributed by atoms with van der Waals surface area (Å²) < 4.78 is 0. The topological polar surface area (TPSA) is 73.2 Å². The Kier molecular flexibility index (Phi) is 7.78. The van der Waals surface area contributed by atoms with Gasteiger partial charge < -0.3 is 10.2 Å². The van der Waals surface area contributed by atoms with Gasteiger partial charge >= 0.3 is 11.8 Å².